The summed E-state index contributed by atoms with van der Waals surface area (Å²) in [7, 11) is 0. The molecule has 3 atom stereocenters. The molecule has 0 spiro atoms. The third-order valence-corrected chi connectivity index (χ3v) is 4.72. The van der Waals surface area contributed by atoms with Crippen LogP contribution >= 0.6 is 23.2 Å². The van der Waals surface area contributed by atoms with E-state index < -0.39 is 0 Å². The minimum Gasteiger partial charge on any atom is -0.271 e. The van der Waals surface area contributed by atoms with E-state index in [0.717, 1.165) is 12.0 Å². The lowest BCUT2D eigenvalue weighted by atomic mass is 9.99. The molecule has 1 aliphatic carbocycles. The highest BCUT2D eigenvalue weighted by molar-refractivity contribution is 6.42. The summed E-state index contributed by atoms with van der Waals surface area (Å²) in [6.45, 7) is 0. The van der Waals surface area contributed by atoms with Crippen LogP contribution in [-0.2, 0) is 0 Å². The minimum atomic E-state index is 0.106. The Balaban J connectivity index is 1.80. The van der Waals surface area contributed by atoms with Crippen LogP contribution < -0.4 is 11.3 Å². The molecule has 0 amide bonds. The van der Waals surface area contributed by atoms with Crippen molar-refractivity contribution in [2.75, 3.05) is 0 Å². The highest BCUT2D eigenvalue weighted by Crippen LogP contribution is 2.54. The van der Waals surface area contributed by atoms with E-state index >= 15 is 0 Å². The molecular weight excluding hydrogens is 291 g/mol. The maximum Gasteiger partial charge on any atom is 0.0595 e. The summed E-state index contributed by atoms with van der Waals surface area (Å²) in [5, 5.41) is 1.14. The maximum absolute atomic E-state index is 6.09. The van der Waals surface area contributed by atoms with Crippen molar-refractivity contribution in [3.8, 4) is 0 Å². The average molecular weight is 307 g/mol. The monoisotopic (exact) mass is 306 g/mol. The topological polar surface area (TPSA) is 38.0 Å². The first-order valence-corrected chi connectivity index (χ1v) is 7.42. The highest BCUT2D eigenvalue weighted by Gasteiger charge is 2.44. The first kappa shape index (κ1) is 13.9. The van der Waals surface area contributed by atoms with Gasteiger partial charge in [0, 0.05) is 6.04 Å². The van der Waals surface area contributed by atoms with Gasteiger partial charge < -0.3 is 0 Å². The Morgan fingerprint density at radius 3 is 2.45 bits per heavy atom. The van der Waals surface area contributed by atoms with Crippen LogP contribution in [0.2, 0.25) is 10.0 Å². The fraction of sp³-hybridized carbons (Fsp3) is 0.250. The summed E-state index contributed by atoms with van der Waals surface area (Å²) in [4.78, 5) is 0. The van der Waals surface area contributed by atoms with Crippen LogP contribution in [0.15, 0.2) is 48.5 Å². The van der Waals surface area contributed by atoms with Crippen LogP contribution in [0.1, 0.15) is 29.5 Å². The van der Waals surface area contributed by atoms with E-state index in [4.69, 9.17) is 29.0 Å². The molecule has 1 fully saturated rings. The van der Waals surface area contributed by atoms with E-state index in [9.17, 15) is 0 Å². The standard InChI is InChI=1S/C16H16Cl2N2/c17-14-7-6-11(8-15(14)18)16(20-19)13-9-12(13)10-4-2-1-3-5-10/h1-8,12-13,16,20H,9,19H2. The second-order valence-electron chi connectivity index (χ2n) is 5.23. The molecule has 1 saturated carbocycles. The number of halogens is 2. The van der Waals surface area contributed by atoms with Crippen molar-refractivity contribution < 1.29 is 0 Å². The number of hydrazine groups is 1. The quantitative estimate of drug-likeness (QED) is 0.653. The molecule has 1 aliphatic rings. The van der Waals surface area contributed by atoms with Gasteiger partial charge in [0.2, 0.25) is 0 Å². The zero-order valence-electron chi connectivity index (χ0n) is 10.9. The molecule has 0 bridgehead atoms. The average Bonchev–Trinajstić information content (AvgIpc) is 3.25. The smallest absolute Gasteiger partial charge is 0.0595 e. The Hall–Kier alpha value is -1.06. The predicted octanol–water partition coefficient (Wildman–Crippen LogP) is 4.30. The van der Waals surface area contributed by atoms with Crippen molar-refractivity contribution in [3.05, 3.63) is 69.7 Å². The number of benzene rings is 2. The highest BCUT2D eigenvalue weighted by atomic mass is 35.5. The summed E-state index contributed by atoms with van der Waals surface area (Å²) >= 11 is 12.1. The van der Waals surface area contributed by atoms with E-state index in [-0.39, 0.29) is 6.04 Å². The first-order valence-electron chi connectivity index (χ1n) is 6.66. The van der Waals surface area contributed by atoms with Gasteiger partial charge in [-0.15, -0.1) is 0 Å². The van der Waals surface area contributed by atoms with Gasteiger partial charge in [-0.1, -0.05) is 59.6 Å². The fourth-order valence-electron chi connectivity index (χ4n) is 2.84. The van der Waals surface area contributed by atoms with E-state index in [1.807, 2.05) is 24.3 Å². The summed E-state index contributed by atoms with van der Waals surface area (Å²) in [5.41, 5.74) is 5.39. The predicted molar refractivity (Wildman–Crippen MR) is 83.8 cm³/mol. The zero-order valence-corrected chi connectivity index (χ0v) is 12.4. The van der Waals surface area contributed by atoms with E-state index in [1.165, 1.54) is 5.56 Å². The van der Waals surface area contributed by atoms with Crippen molar-refractivity contribution in [3.63, 3.8) is 0 Å². The fourth-order valence-corrected chi connectivity index (χ4v) is 3.15. The van der Waals surface area contributed by atoms with Gasteiger partial charge >= 0.3 is 0 Å². The van der Waals surface area contributed by atoms with Crippen molar-refractivity contribution in [2.24, 2.45) is 11.8 Å². The Labute approximate surface area is 128 Å². The second kappa shape index (κ2) is 5.74. The summed E-state index contributed by atoms with van der Waals surface area (Å²) in [6.07, 6.45) is 1.14. The van der Waals surface area contributed by atoms with Crippen molar-refractivity contribution in [1.82, 2.24) is 5.43 Å². The molecule has 3 N–H and O–H groups in total. The van der Waals surface area contributed by atoms with E-state index in [1.54, 1.807) is 0 Å². The Bertz CT molecular complexity index is 601. The molecule has 4 heteroatoms. The number of nitrogens with one attached hydrogen (secondary N) is 1. The zero-order chi connectivity index (χ0) is 14.1. The lowest BCUT2D eigenvalue weighted by Crippen LogP contribution is -2.29. The molecule has 0 heterocycles. The number of hydrogen-bond acceptors (Lipinski definition) is 2. The molecule has 3 unspecified atom stereocenters. The van der Waals surface area contributed by atoms with Crippen LogP contribution in [-0.4, -0.2) is 0 Å². The molecule has 0 radical (unpaired) electrons. The Morgan fingerprint density at radius 2 is 1.80 bits per heavy atom. The third-order valence-electron chi connectivity index (χ3n) is 3.98. The van der Waals surface area contributed by atoms with Crippen LogP contribution in [0.5, 0.6) is 0 Å². The molecule has 20 heavy (non-hydrogen) atoms. The van der Waals surface area contributed by atoms with Crippen molar-refractivity contribution in [2.45, 2.75) is 18.4 Å². The molecule has 0 saturated heterocycles. The summed E-state index contributed by atoms with van der Waals surface area (Å²) in [5.74, 6) is 6.81. The molecule has 2 aromatic carbocycles. The summed E-state index contributed by atoms with van der Waals surface area (Å²) in [6, 6.07) is 16.4. The first-order chi connectivity index (χ1) is 9.70. The largest absolute Gasteiger partial charge is 0.271 e. The van der Waals surface area contributed by atoms with Gasteiger partial charge in [-0.25, -0.2) is 0 Å². The van der Waals surface area contributed by atoms with Gasteiger partial charge in [-0.3, -0.25) is 11.3 Å². The van der Waals surface area contributed by atoms with E-state index in [2.05, 4.69) is 29.7 Å². The number of nitrogens with two attached hydrogens (primary N) is 1. The minimum absolute atomic E-state index is 0.106. The molecule has 2 nitrogen and oxygen atoms in total. The number of hydrogen-bond donors (Lipinski definition) is 2. The Morgan fingerprint density at radius 1 is 1.05 bits per heavy atom. The van der Waals surface area contributed by atoms with Crippen LogP contribution in [0.4, 0.5) is 0 Å². The van der Waals surface area contributed by atoms with E-state index in [0.29, 0.717) is 21.9 Å². The lowest BCUT2D eigenvalue weighted by Gasteiger charge is -2.17. The van der Waals surface area contributed by atoms with Gasteiger partial charge in [0.25, 0.3) is 0 Å². The second-order valence-corrected chi connectivity index (χ2v) is 6.05. The maximum atomic E-state index is 6.09. The van der Waals surface area contributed by atoms with Crippen LogP contribution in [0.25, 0.3) is 0 Å². The van der Waals surface area contributed by atoms with Crippen LogP contribution in [0.3, 0.4) is 0 Å². The van der Waals surface area contributed by atoms with Crippen molar-refractivity contribution >= 4 is 23.2 Å². The molecule has 0 aliphatic heterocycles. The van der Waals surface area contributed by atoms with Gasteiger partial charge in [-0.05, 0) is 41.5 Å². The normalized spacial score (nSPS) is 22.6. The third kappa shape index (κ3) is 2.70. The molecule has 2 aromatic rings. The Kier molecular flexibility index (Phi) is 3.99. The number of rotatable bonds is 4. The van der Waals surface area contributed by atoms with Crippen molar-refractivity contribution in [1.29, 1.82) is 0 Å². The molecule has 3 rings (SSSR count). The van der Waals surface area contributed by atoms with Crippen LogP contribution in [0, 0.1) is 5.92 Å². The van der Waals surface area contributed by atoms with Gasteiger partial charge in [0.1, 0.15) is 0 Å². The van der Waals surface area contributed by atoms with Gasteiger partial charge in [-0.2, -0.15) is 0 Å². The SMILES string of the molecule is NNC(c1ccc(Cl)c(Cl)c1)C1CC1c1ccccc1. The lowest BCUT2D eigenvalue weighted by molar-refractivity contribution is 0.487. The molecule has 104 valence electrons. The summed E-state index contributed by atoms with van der Waals surface area (Å²) < 4.78 is 0. The van der Waals surface area contributed by atoms with Gasteiger partial charge in [0.15, 0.2) is 0 Å². The molecule has 0 aromatic heterocycles. The van der Waals surface area contributed by atoms with Gasteiger partial charge in [0.05, 0.1) is 10.0 Å². The molecular formula is C16H16Cl2N2.